The molecule has 0 aliphatic heterocycles. The molecule has 2 unspecified atom stereocenters. The molecule has 0 radical (unpaired) electrons. The summed E-state index contributed by atoms with van der Waals surface area (Å²) in [6.07, 6.45) is 4.40. The first-order chi connectivity index (χ1) is 9.08. The van der Waals surface area contributed by atoms with Gasteiger partial charge in [0.25, 0.3) is 5.56 Å². The van der Waals surface area contributed by atoms with Crippen LogP contribution in [-0.2, 0) is 16.1 Å². The van der Waals surface area contributed by atoms with Gasteiger partial charge in [-0.05, 0) is 25.3 Å². The van der Waals surface area contributed by atoms with E-state index in [0.717, 1.165) is 19.3 Å². The Balaban J connectivity index is 1.91. The molecule has 0 spiro atoms. The van der Waals surface area contributed by atoms with Crippen LogP contribution in [0.2, 0.25) is 0 Å². The Hall–Kier alpha value is -1.82. The summed E-state index contributed by atoms with van der Waals surface area (Å²) in [4.78, 5) is 23.4. The molecular weight excluding hydrogens is 246 g/mol. The van der Waals surface area contributed by atoms with Crippen molar-refractivity contribution in [2.24, 2.45) is 0 Å². The summed E-state index contributed by atoms with van der Waals surface area (Å²) in [6.45, 7) is -0.00196. The first-order valence-corrected chi connectivity index (χ1v) is 6.36. The fourth-order valence-corrected chi connectivity index (χ4v) is 2.39. The van der Waals surface area contributed by atoms with Gasteiger partial charge in [0, 0.05) is 31.1 Å². The minimum atomic E-state index is -0.231. The van der Waals surface area contributed by atoms with Gasteiger partial charge in [-0.25, -0.2) is 0 Å². The van der Waals surface area contributed by atoms with E-state index in [9.17, 15) is 9.59 Å². The zero-order valence-corrected chi connectivity index (χ0v) is 11.0. The number of ether oxygens (including phenoxy) is 1. The van der Waals surface area contributed by atoms with E-state index in [4.69, 9.17) is 10.5 Å². The van der Waals surface area contributed by atoms with Gasteiger partial charge >= 0.3 is 0 Å². The molecule has 0 aromatic carbocycles. The van der Waals surface area contributed by atoms with Crippen molar-refractivity contribution in [1.29, 1.82) is 0 Å². The summed E-state index contributed by atoms with van der Waals surface area (Å²) in [6, 6.07) is 3.02. The van der Waals surface area contributed by atoms with E-state index in [-0.39, 0.29) is 30.2 Å². The van der Waals surface area contributed by atoms with E-state index in [0.29, 0.717) is 5.69 Å². The average Bonchev–Trinajstić information content (AvgIpc) is 2.81. The number of hydrogen-bond donors (Lipinski definition) is 2. The second-order valence-electron chi connectivity index (χ2n) is 4.86. The Morgan fingerprint density at radius 2 is 2.32 bits per heavy atom. The van der Waals surface area contributed by atoms with E-state index in [1.54, 1.807) is 7.11 Å². The molecule has 3 N–H and O–H groups in total. The number of amides is 1. The highest BCUT2D eigenvalue weighted by molar-refractivity contribution is 5.76. The number of carbonyl (C=O) groups excluding carboxylic acids is 1. The number of anilines is 1. The highest BCUT2D eigenvalue weighted by atomic mass is 16.5. The fraction of sp³-hybridized carbons (Fsp3) is 0.538. The molecule has 19 heavy (non-hydrogen) atoms. The lowest BCUT2D eigenvalue weighted by molar-refractivity contribution is -0.122. The quantitative estimate of drug-likeness (QED) is 0.809. The lowest BCUT2D eigenvalue weighted by Crippen LogP contribution is -2.37. The Labute approximate surface area is 111 Å². The lowest BCUT2D eigenvalue weighted by Gasteiger charge is -2.13. The molecule has 104 valence electrons. The minimum absolute atomic E-state index is 0.00196. The molecule has 1 amide bonds. The summed E-state index contributed by atoms with van der Waals surface area (Å²) >= 11 is 0. The van der Waals surface area contributed by atoms with Crippen molar-refractivity contribution in [3.8, 4) is 0 Å². The van der Waals surface area contributed by atoms with Crippen LogP contribution in [0.4, 0.5) is 5.69 Å². The van der Waals surface area contributed by atoms with Crippen LogP contribution in [0.25, 0.3) is 0 Å². The molecule has 1 aromatic heterocycles. The van der Waals surface area contributed by atoms with Crippen LogP contribution in [0, 0.1) is 0 Å². The molecule has 1 heterocycles. The Morgan fingerprint density at radius 1 is 1.53 bits per heavy atom. The highest BCUT2D eigenvalue weighted by Gasteiger charge is 2.25. The predicted octanol–water partition coefficient (Wildman–Crippen LogP) is 0.114. The van der Waals surface area contributed by atoms with Gasteiger partial charge in [0.05, 0.1) is 6.10 Å². The van der Waals surface area contributed by atoms with Crippen molar-refractivity contribution in [2.45, 2.75) is 38.0 Å². The molecule has 6 nitrogen and oxygen atoms in total. The minimum Gasteiger partial charge on any atom is -0.398 e. The van der Waals surface area contributed by atoms with E-state index in [2.05, 4.69) is 5.32 Å². The molecule has 2 rings (SSSR count). The number of methoxy groups -OCH3 is 1. The number of nitrogens with one attached hydrogen (secondary N) is 1. The van der Waals surface area contributed by atoms with Crippen LogP contribution >= 0.6 is 0 Å². The molecule has 1 aliphatic rings. The normalized spacial score (nSPS) is 22.4. The Morgan fingerprint density at radius 3 is 3.00 bits per heavy atom. The third-order valence-corrected chi connectivity index (χ3v) is 3.40. The summed E-state index contributed by atoms with van der Waals surface area (Å²) in [5.74, 6) is -0.172. The molecule has 1 saturated carbocycles. The van der Waals surface area contributed by atoms with Crippen LogP contribution in [-0.4, -0.2) is 29.7 Å². The smallest absolute Gasteiger partial charge is 0.251 e. The van der Waals surface area contributed by atoms with Gasteiger partial charge < -0.3 is 20.4 Å². The monoisotopic (exact) mass is 265 g/mol. The van der Waals surface area contributed by atoms with E-state index >= 15 is 0 Å². The highest BCUT2D eigenvalue weighted by Crippen LogP contribution is 2.21. The standard InChI is InChI=1S/C13H19N3O3/c1-19-11-4-3-10(6-11)15-12(17)8-16-7-9(14)2-5-13(16)18/h2,5,7,10-11H,3-4,6,8,14H2,1H3,(H,15,17). The van der Waals surface area contributed by atoms with E-state index < -0.39 is 0 Å². The molecule has 0 bridgehead atoms. The van der Waals surface area contributed by atoms with Gasteiger partial charge in [0.1, 0.15) is 6.54 Å². The van der Waals surface area contributed by atoms with Gasteiger partial charge in [-0.1, -0.05) is 0 Å². The number of hydrogen-bond acceptors (Lipinski definition) is 4. The molecular formula is C13H19N3O3. The van der Waals surface area contributed by atoms with Gasteiger partial charge in [-0.3, -0.25) is 9.59 Å². The summed E-state index contributed by atoms with van der Waals surface area (Å²) in [5.41, 5.74) is 5.83. The second kappa shape index (κ2) is 5.88. The number of pyridine rings is 1. The van der Waals surface area contributed by atoms with Crippen molar-refractivity contribution in [1.82, 2.24) is 9.88 Å². The van der Waals surface area contributed by atoms with Crippen LogP contribution in [0.5, 0.6) is 0 Å². The number of nitrogens with two attached hydrogens (primary N) is 1. The van der Waals surface area contributed by atoms with Crippen LogP contribution in [0.1, 0.15) is 19.3 Å². The first-order valence-electron chi connectivity index (χ1n) is 6.36. The topological polar surface area (TPSA) is 86.3 Å². The zero-order valence-electron chi connectivity index (χ0n) is 11.0. The van der Waals surface area contributed by atoms with Crippen molar-refractivity contribution >= 4 is 11.6 Å². The fourth-order valence-electron chi connectivity index (χ4n) is 2.39. The number of aromatic nitrogens is 1. The van der Waals surface area contributed by atoms with Gasteiger partial charge in [-0.2, -0.15) is 0 Å². The molecule has 1 aromatic rings. The number of nitrogens with zero attached hydrogens (tertiary/aromatic N) is 1. The molecule has 2 atom stereocenters. The predicted molar refractivity (Wildman–Crippen MR) is 71.7 cm³/mol. The summed E-state index contributed by atoms with van der Waals surface area (Å²) in [7, 11) is 1.68. The third-order valence-electron chi connectivity index (χ3n) is 3.40. The third kappa shape index (κ3) is 3.57. The maximum Gasteiger partial charge on any atom is 0.251 e. The first kappa shape index (κ1) is 13.6. The maximum absolute atomic E-state index is 11.9. The number of rotatable bonds is 4. The van der Waals surface area contributed by atoms with Gasteiger partial charge in [0.15, 0.2) is 0 Å². The van der Waals surface area contributed by atoms with Crippen molar-refractivity contribution in [3.63, 3.8) is 0 Å². The second-order valence-corrected chi connectivity index (χ2v) is 4.86. The molecule has 1 aliphatic carbocycles. The zero-order chi connectivity index (χ0) is 13.8. The van der Waals surface area contributed by atoms with E-state index in [1.165, 1.54) is 22.9 Å². The SMILES string of the molecule is COC1CCC(NC(=O)Cn2cc(N)ccc2=O)C1. The Kier molecular flexibility index (Phi) is 4.21. The molecule has 0 saturated heterocycles. The van der Waals surface area contributed by atoms with Crippen molar-refractivity contribution in [2.75, 3.05) is 12.8 Å². The van der Waals surface area contributed by atoms with Crippen molar-refractivity contribution < 1.29 is 9.53 Å². The Bertz CT molecular complexity index is 512. The largest absolute Gasteiger partial charge is 0.398 e. The number of nitrogen functional groups attached to an aromatic ring is 1. The van der Waals surface area contributed by atoms with Crippen LogP contribution in [0.15, 0.2) is 23.1 Å². The summed E-state index contributed by atoms with van der Waals surface area (Å²) < 4.78 is 6.57. The van der Waals surface area contributed by atoms with E-state index in [1.807, 2.05) is 0 Å². The molecule has 1 fully saturated rings. The average molecular weight is 265 g/mol. The maximum atomic E-state index is 11.9. The number of carbonyl (C=O) groups is 1. The lowest BCUT2D eigenvalue weighted by atomic mass is 10.2. The van der Waals surface area contributed by atoms with Crippen LogP contribution in [0.3, 0.4) is 0 Å². The van der Waals surface area contributed by atoms with Crippen LogP contribution < -0.4 is 16.6 Å². The van der Waals surface area contributed by atoms with Gasteiger partial charge in [0.2, 0.25) is 5.91 Å². The summed E-state index contributed by atoms with van der Waals surface area (Å²) in [5, 5.41) is 2.92. The van der Waals surface area contributed by atoms with Gasteiger partial charge in [-0.15, -0.1) is 0 Å². The molecule has 6 heteroatoms. The van der Waals surface area contributed by atoms with Crippen molar-refractivity contribution in [3.05, 3.63) is 28.7 Å².